The first-order chi connectivity index (χ1) is 16.5. The predicted octanol–water partition coefficient (Wildman–Crippen LogP) is 4.46. The van der Waals surface area contributed by atoms with E-state index >= 15 is 0 Å². The molecule has 2 heterocycles. The van der Waals surface area contributed by atoms with Gasteiger partial charge in [0, 0.05) is 12.1 Å². The first-order valence-corrected chi connectivity index (χ1v) is 12.3. The summed E-state index contributed by atoms with van der Waals surface area (Å²) in [4.78, 5) is 2.18. The van der Waals surface area contributed by atoms with E-state index in [2.05, 4.69) is 57.8 Å². The molecule has 0 bridgehead atoms. The molecule has 0 radical (unpaired) electrons. The van der Waals surface area contributed by atoms with Gasteiger partial charge in [-0.05, 0) is 39.1 Å². The van der Waals surface area contributed by atoms with Crippen molar-refractivity contribution in [1.29, 1.82) is 0 Å². The molecule has 0 spiro atoms. The molecule has 3 rings (SSSR count). The van der Waals surface area contributed by atoms with Crippen LogP contribution >= 0.6 is 11.8 Å². The number of benzene rings is 1. The summed E-state index contributed by atoms with van der Waals surface area (Å²) in [5.74, 6) is 3.91. The first-order valence-electron chi connectivity index (χ1n) is 11.3. The van der Waals surface area contributed by atoms with Crippen molar-refractivity contribution in [2.75, 3.05) is 35.4 Å². The summed E-state index contributed by atoms with van der Waals surface area (Å²) in [5, 5.41) is 18.3. The molecule has 1 aromatic carbocycles. The van der Waals surface area contributed by atoms with Gasteiger partial charge in [-0.25, -0.2) is 0 Å². The largest absolute Gasteiger partial charge is 0.493 e. The minimum atomic E-state index is 0.216. The van der Waals surface area contributed by atoms with Crippen molar-refractivity contribution in [2.45, 2.75) is 56.6 Å². The highest BCUT2D eigenvalue weighted by atomic mass is 32.2. The molecule has 0 N–H and O–H groups in total. The number of hydrogen-bond donors (Lipinski definition) is 0. The lowest BCUT2D eigenvalue weighted by Crippen LogP contribution is -2.23. The summed E-state index contributed by atoms with van der Waals surface area (Å²) in [6.45, 7) is 5.23. The lowest BCUT2D eigenvalue weighted by molar-refractivity contribution is 0.270. The molecule has 11 heteroatoms. The van der Waals surface area contributed by atoms with Gasteiger partial charge in [-0.3, -0.25) is 4.90 Å². The zero-order valence-corrected chi connectivity index (χ0v) is 21.8. The van der Waals surface area contributed by atoms with Crippen LogP contribution in [0.3, 0.4) is 0 Å². The minimum Gasteiger partial charge on any atom is -0.493 e. The Labute approximate surface area is 205 Å². The van der Waals surface area contributed by atoms with E-state index in [1.54, 1.807) is 45.2 Å². The third-order valence-corrected chi connectivity index (χ3v) is 6.44. The standard InChI is InChI=1S/C23H34N6O4S/c1-8-10-11-29-21(16(9-2)28(3)4)25-27-23(29)34-14-19-24-26-22(33-19)15-12-17(30-5)20(32-7)18(13-15)31-6/h12-13,16H,8-11,14H2,1-7H3. The molecule has 0 saturated carbocycles. The number of rotatable bonds is 13. The Kier molecular flexibility index (Phi) is 9.17. The van der Waals surface area contributed by atoms with Crippen LogP contribution in [0, 0.1) is 0 Å². The molecular formula is C23H34N6O4S. The van der Waals surface area contributed by atoms with Crippen LogP contribution in [0.4, 0.5) is 0 Å². The molecule has 0 amide bonds. The second kappa shape index (κ2) is 12.1. The smallest absolute Gasteiger partial charge is 0.248 e. The van der Waals surface area contributed by atoms with Gasteiger partial charge in [-0.1, -0.05) is 32.0 Å². The fraction of sp³-hybridized carbons (Fsp3) is 0.565. The quantitative estimate of drug-likeness (QED) is 0.319. The van der Waals surface area contributed by atoms with Crippen LogP contribution in [-0.2, 0) is 12.3 Å². The van der Waals surface area contributed by atoms with Crippen molar-refractivity contribution in [3.63, 3.8) is 0 Å². The maximum Gasteiger partial charge on any atom is 0.248 e. The van der Waals surface area contributed by atoms with Crippen LogP contribution < -0.4 is 14.2 Å². The topological polar surface area (TPSA) is 101 Å². The van der Waals surface area contributed by atoms with Gasteiger partial charge in [0.1, 0.15) is 0 Å². The zero-order chi connectivity index (χ0) is 24.7. The van der Waals surface area contributed by atoms with E-state index in [0.29, 0.717) is 40.3 Å². The number of aromatic nitrogens is 5. The lowest BCUT2D eigenvalue weighted by atomic mass is 10.2. The van der Waals surface area contributed by atoms with E-state index in [-0.39, 0.29) is 6.04 Å². The third-order valence-electron chi connectivity index (χ3n) is 5.49. The second-order valence-corrected chi connectivity index (χ2v) is 8.88. The van der Waals surface area contributed by atoms with Crippen molar-refractivity contribution >= 4 is 11.8 Å². The molecule has 0 aliphatic rings. The average molecular weight is 491 g/mol. The summed E-state index contributed by atoms with van der Waals surface area (Å²) in [5.41, 5.74) is 0.684. The Morgan fingerprint density at radius 2 is 1.71 bits per heavy atom. The maximum absolute atomic E-state index is 5.94. The summed E-state index contributed by atoms with van der Waals surface area (Å²) in [7, 11) is 8.85. The molecule has 0 saturated heterocycles. The molecule has 34 heavy (non-hydrogen) atoms. The van der Waals surface area contributed by atoms with E-state index in [9.17, 15) is 0 Å². The predicted molar refractivity (Wildman–Crippen MR) is 131 cm³/mol. The van der Waals surface area contributed by atoms with E-state index < -0.39 is 0 Å². The lowest BCUT2D eigenvalue weighted by Gasteiger charge is -2.23. The molecule has 2 aromatic heterocycles. The number of nitrogens with zero attached hydrogens (tertiary/aromatic N) is 6. The van der Waals surface area contributed by atoms with Crippen molar-refractivity contribution < 1.29 is 18.6 Å². The van der Waals surface area contributed by atoms with Gasteiger partial charge in [-0.2, -0.15) is 0 Å². The highest BCUT2D eigenvalue weighted by Crippen LogP contribution is 2.41. The molecule has 186 valence electrons. The monoisotopic (exact) mass is 490 g/mol. The van der Waals surface area contributed by atoms with E-state index in [4.69, 9.17) is 18.6 Å². The normalized spacial score (nSPS) is 12.2. The molecular weight excluding hydrogens is 456 g/mol. The SMILES string of the molecule is CCCCn1c(SCc2nnc(-c3cc(OC)c(OC)c(OC)c3)o2)nnc1C(CC)N(C)C. The molecule has 0 aliphatic carbocycles. The maximum atomic E-state index is 5.94. The van der Waals surface area contributed by atoms with Crippen LogP contribution in [-0.4, -0.2) is 65.3 Å². The van der Waals surface area contributed by atoms with Gasteiger partial charge in [0.05, 0.1) is 33.1 Å². The fourth-order valence-corrected chi connectivity index (χ4v) is 4.53. The van der Waals surface area contributed by atoms with Gasteiger partial charge >= 0.3 is 0 Å². The average Bonchev–Trinajstić information content (AvgIpc) is 3.47. The number of methoxy groups -OCH3 is 3. The second-order valence-electron chi connectivity index (χ2n) is 7.94. The summed E-state index contributed by atoms with van der Waals surface area (Å²) in [6, 6.07) is 3.78. The van der Waals surface area contributed by atoms with E-state index in [1.807, 2.05) is 0 Å². The molecule has 0 fully saturated rings. The Balaban J connectivity index is 1.81. The molecule has 0 aliphatic heterocycles. The van der Waals surface area contributed by atoms with Gasteiger partial charge in [0.25, 0.3) is 0 Å². The van der Waals surface area contributed by atoms with Crippen molar-refractivity contribution in [1.82, 2.24) is 29.9 Å². The zero-order valence-electron chi connectivity index (χ0n) is 21.0. The van der Waals surface area contributed by atoms with Crippen LogP contribution in [0.25, 0.3) is 11.5 Å². The van der Waals surface area contributed by atoms with Crippen LogP contribution in [0.1, 0.15) is 50.9 Å². The fourth-order valence-electron chi connectivity index (χ4n) is 3.72. The summed E-state index contributed by atoms with van der Waals surface area (Å²) < 4.78 is 24.4. The van der Waals surface area contributed by atoms with Crippen molar-refractivity contribution in [3.8, 4) is 28.7 Å². The summed E-state index contributed by atoms with van der Waals surface area (Å²) in [6.07, 6.45) is 3.13. The first kappa shape index (κ1) is 25.8. The van der Waals surface area contributed by atoms with E-state index in [1.165, 1.54) is 0 Å². The van der Waals surface area contributed by atoms with Gasteiger partial charge in [0.2, 0.25) is 17.5 Å². The van der Waals surface area contributed by atoms with Gasteiger partial charge in [-0.15, -0.1) is 20.4 Å². The molecule has 3 aromatic rings. The Morgan fingerprint density at radius 1 is 1.00 bits per heavy atom. The van der Waals surface area contributed by atoms with Gasteiger partial charge in [0.15, 0.2) is 22.5 Å². The van der Waals surface area contributed by atoms with Crippen LogP contribution in [0.2, 0.25) is 0 Å². The molecule has 10 nitrogen and oxygen atoms in total. The Bertz CT molecular complexity index is 1040. The number of thioether (sulfide) groups is 1. The van der Waals surface area contributed by atoms with Crippen LogP contribution in [0.5, 0.6) is 17.2 Å². The highest BCUT2D eigenvalue weighted by Gasteiger charge is 2.23. The Hall–Kier alpha value is -2.79. The molecule has 1 atom stereocenters. The Morgan fingerprint density at radius 3 is 2.26 bits per heavy atom. The third kappa shape index (κ3) is 5.64. The number of unbranched alkanes of at least 4 members (excludes halogenated alkanes) is 1. The minimum absolute atomic E-state index is 0.216. The van der Waals surface area contributed by atoms with Crippen molar-refractivity contribution in [3.05, 3.63) is 23.8 Å². The number of ether oxygens (including phenoxy) is 3. The highest BCUT2D eigenvalue weighted by molar-refractivity contribution is 7.98. The van der Waals surface area contributed by atoms with Crippen LogP contribution in [0.15, 0.2) is 21.7 Å². The van der Waals surface area contributed by atoms with E-state index in [0.717, 1.165) is 36.8 Å². The van der Waals surface area contributed by atoms with Gasteiger partial charge < -0.3 is 23.2 Å². The number of hydrogen-bond acceptors (Lipinski definition) is 10. The molecule has 1 unspecified atom stereocenters. The van der Waals surface area contributed by atoms with Crippen molar-refractivity contribution in [2.24, 2.45) is 0 Å². The summed E-state index contributed by atoms with van der Waals surface area (Å²) >= 11 is 1.55.